The Hall–Kier alpha value is -2.92. The van der Waals surface area contributed by atoms with Crippen molar-refractivity contribution in [2.75, 3.05) is 0 Å². The Morgan fingerprint density at radius 1 is 1.13 bits per heavy atom. The number of para-hydroxylation sites is 1. The number of fused-ring (bicyclic) bond motifs is 1. The number of nitrogens with two attached hydrogens (primary N) is 1. The Labute approximate surface area is 133 Å². The number of carboxylic acids is 1. The molecule has 0 saturated carbocycles. The molecule has 3 N–H and O–H groups in total. The molecular weight excluding hydrogens is 292 g/mol. The summed E-state index contributed by atoms with van der Waals surface area (Å²) in [6.45, 7) is 0. The molecule has 0 radical (unpaired) electrons. The van der Waals surface area contributed by atoms with Gasteiger partial charge in [0.1, 0.15) is 17.5 Å². The molecule has 23 heavy (non-hydrogen) atoms. The summed E-state index contributed by atoms with van der Waals surface area (Å²) in [5.74, 6) is 0.396. The average Bonchev–Trinajstić information content (AvgIpc) is 2.57. The predicted octanol–water partition coefficient (Wildman–Crippen LogP) is 2.98. The number of ether oxygens (including phenoxy) is 1. The molecule has 5 heteroatoms. The summed E-state index contributed by atoms with van der Waals surface area (Å²) in [6.07, 6.45) is 1.99. The molecule has 1 aromatic heterocycles. The Morgan fingerprint density at radius 2 is 1.87 bits per heavy atom. The van der Waals surface area contributed by atoms with Crippen molar-refractivity contribution >= 4 is 16.9 Å². The van der Waals surface area contributed by atoms with Gasteiger partial charge in [0.2, 0.25) is 0 Å². The van der Waals surface area contributed by atoms with Crippen LogP contribution in [0.5, 0.6) is 11.5 Å². The Balaban J connectivity index is 1.79. The SMILES string of the molecule is NC(Cc1ccc(Oc2ccnc3ccccc23)cc1)C(=O)O. The Kier molecular flexibility index (Phi) is 4.21. The van der Waals surface area contributed by atoms with Gasteiger partial charge in [-0.05, 0) is 42.3 Å². The standard InChI is InChI=1S/C18H16N2O3/c19-15(18(21)22)11-12-5-7-13(8-6-12)23-17-9-10-20-16-4-2-1-3-14(16)17/h1-10,15H,11,19H2,(H,21,22). The van der Waals surface area contributed by atoms with Gasteiger partial charge in [0.25, 0.3) is 0 Å². The van der Waals surface area contributed by atoms with E-state index in [4.69, 9.17) is 15.6 Å². The van der Waals surface area contributed by atoms with Crippen LogP contribution < -0.4 is 10.5 Å². The normalized spacial score (nSPS) is 12.0. The van der Waals surface area contributed by atoms with Gasteiger partial charge in [0.15, 0.2) is 0 Å². The minimum atomic E-state index is -1.01. The second kappa shape index (κ2) is 6.46. The lowest BCUT2D eigenvalue weighted by Gasteiger charge is -2.10. The fourth-order valence-corrected chi connectivity index (χ4v) is 2.32. The number of nitrogens with zero attached hydrogens (tertiary/aromatic N) is 1. The molecule has 0 aliphatic carbocycles. The number of aliphatic carboxylic acids is 1. The zero-order valence-electron chi connectivity index (χ0n) is 12.3. The molecule has 3 aromatic rings. The fraction of sp³-hybridized carbons (Fsp3) is 0.111. The highest BCUT2D eigenvalue weighted by Gasteiger charge is 2.12. The van der Waals surface area contributed by atoms with Crippen molar-refractivity contribution in [2.24, 2.45) is 5.73 Å². The van der Waals surface area contributed by atoms with Crippen LogP contribution in [0.4, 0.5) is 0 Å². The third-order valence-corrected chi connectivity index (χ3v) is 3.53. The van der Waals surface area contributed by atoms with Gasteiger partial charge in [-0.15, -0.1) is 0 Å². The summed E-state index contributed by atoms with van der Waals surface area (Å²) in [7, 11) is 0. The number of benzene rings is 2. The largest absolute Gasteiger partial charge is 0.480 e. The molecule has 2 aromatic carbocycles. The van der Waals surface area contributed by atoms with Gasteiger partial charge < -0.3 is 15.6 Å². The van der Waals surface area contributed by atoms with Gasteiger partial charge in [-0.2, -0.15) is 0 Å². The number of pyridine rings is 1. The van der Waals surface area contributed by atoms with Crippen LogP contribution in [0.1, 0.15) is 5.56 Å². The minimum absolute atomic E-state index is 0.286. The Morgan fingerprint density at radius 3 is 2.61 bits per heavy atom. The summed E-state index contributed by atoms with van der Waals surface area (Å²) in [4.78, 5) is 15.1. The van der Waals surface area contributed by atoms with E-state index in [1.165, 1.54) is 0 Å². The van der Waals surface area contributed by atoms with E-state index in [0.717, 1.165) is 22.2 Å². The number of hydrogen-bond acceptors (Lipinski definition) is 4. The topological polar surface area (TPSA) is 85.4 Å². The first-order valence-corrected chi connectivity index (χ1v) is 7.22. The van der Waals surface area contributed by atoms with Crippen LogP contribution in [0.2, 0.25) is 0 Å². The van der Waals surface area contributed by atoms with Crippen LogP contribution in [0.15, 0.2) is 60.8 Å². The highest BCUT2D eigenvalue weighted by Crippen LogP contribution is 2.28. The van der Waals surface area contributed by atoms with Crippen molar-refractivity contribution in [3.63, 3.8) is 0 Å². The highest BCUT2D eigenvalue weighted by molar-refractivity contribution is 5.84. The van der Waals surface area contributed by atoms with Crippen LogP contribution in [0.25, 0.3) is 10.9 Å². The average molecular weight is 308 g/mol. The molecule has 116 valence electrons. The quantitative estimate of drug-likeness (QED) is 0.757. The van der Waals surface area contributed by atoms with E-state index in [1.807, 2.05) is 42.5 Å². The first kappa shape index (κ1) is 15.0. The van der Waals surface area contributed by atoms with Crippen LogP contribution in [-0.2, 0) is 11.2 Å². The van der Waals surface area contributed by atoms with Gasteiger partial charge in [-0.25, -0.2) is 0 Å². The number of hydrogen-bond donors (Lipinski definition) is 2. The molecular formula is C18H16N2O3. The molecule has 1 unspecified atom stereocenters. The second-order valence-corrected chi connectivity index (χ2v) is 5.22. The molecule has 5 nitrogen and oxygen atoms in total. The van der Waals surface area contributed by atoms with E-state index < -0.39 is 12.0 Å². The van der Waals surface area contributed by atoms with Gasteiger partial charge in [-0.3, -0.25) is 9.78 Å². The summed E-state index contributed by atoms with van der Waals surface area (Å²) in [5, 5.41) is 9.77. The monoisotopic (exact) mass is 308 g/mol. The van der Waals surface area contributed by atoms with E-state index in [0.29, 0.717) is 5.75 Å². The molecule has 0 aliphatic rings. The molecule has 0 amide bonds. The highest BCUT2D eigenvalue weighted by atomic mass is 16.5. The van der Waals surface area contributed by atoms with Crippen molar-refractivity contribution in [3.05, 3.63) is 66.4 Å². The van der Waals surface area contributed by atoms with E-state index in [2.05, 4.69) is 4.98 Å². The summed E-state index contributed by atoms with van der Waals surface area (Å²) in [6, 6.07) is 15.9. The summed E-state index contributed by atoms with van der Waals surface area (Å²) < 4.78 is 5.91. The number of rotatable bonds is 5. The lowest BCUT2D eigenvalue weighted by atomic mass is 10.1. The molecule has 1 heterocycles. The van der Waals surface area contributed by atoms with Crippen LogP contribution in [0.3, 0.4) is 0 Å². The number of carbonyl (C=O) groups is 1. The third kappa shape index (κ3) is 3.46. The molecule has 0 bridgehead atoms. The first-order chi connectivity index (χ1) is 11.1. The van der Waals surface area contributed by atoms with Gasteiger partial charge in [0.05, 0.1) is 5.52 Å². The first-order valence-electron chi connectivity index (χ1n) is 7.22. The Bertz CT molecular complexity index is 826. The zero-order valence-corrected chi connectivity index (χ0v) is 12.3. The second-order valence-electron chi connectivity index (χ2n) is 5.22. The summed E-state index contributed by atoms with van der Waals surface area (Å²) in [5.41, 5.74) is 7.26. The van der Waals surface area contributed by atoms with E-state index >= 15 is 0 Å². The zero-order chi connectivity index (χ0) is 16.2. The van der Waals surface area contributed by atoms with Crippen LogP contribution >= 0.6 is 0 Å². The van der Waals surface area contributed by atoms with Crippen molar-refractivity contribution in [1.82, 2.24) is 4.98 Å². The molecule has 3 rings (SSSR count). The molecule has 1 atom stereocenters. The maximum Gasteiger partial charge on any atom is 0.320 e. The molecule has 0 saturated heterocycles. The van der Waals surface area contributed by atoms with Gasteiger partial charge in [0, 0.05) is 11.6 Å². The lowest BCUT2D eigenvalue weighted by Crippen LogP contribution is -2.32. The van der Waals surface area contributed by atoms with Crippen molar-refractivity contribution in [3.8, 4) is 11.5 Å². The maximum absolute atomic E-state index is 10.8. The maximum atomic E-state index is 10.8. The molecule has 0 spiro atoms. The van der Waals surface area contributed by atoms with Gasteiger partial charge >= 0.3 is 5.97 Å². The minimum Gasteiger partial charge on any atom is -0.480 e. The molecule has 0 fully saturated rings. The lowest BCUT2D eigenvalue weighted by molar-refractivity contribution is -0.138. The molecule has 0 aliphatic heterocycles. The van der Waals surface area contributed by atoms with E-state index in [9.17, 15) is 4.79 Å². The summed E-state index contributed by atoms with van der Waals surface area (Å²) >= 11 is 0. The fourth-order valence-electron chi connectivity index (χ4n) is 2.32. The number of carboxylic acid groups (broad SMARTS) is 1. The smallest absolute Gasteiger partial charge is 0.320 e. The van der Waals surface area contributed by atoms with E-state index in [-0.39, 0.29) is 6.42 Å². The van der Waals surface area contributed by atoms with Crippen LogP contribution in [-0.4, -0.2) is 22.1 Å². The third-order valence-electron chi connectivity index (χ3n) is 3.53. The van der Waals surface area contributed by atoms with Crippen molar-refractivity contribution in [1.29, 1.82) is 0 Å². The number of aromatic nitrogens is 1. The van der Waals surface area contributed by atoms with Crippen molar-refractivity contribution < 1.29 is 14.6 Å². The predicted molar refractivity (Wildman–Crippen MR) is 87.6 cm³/mol. The van der Waals surface area contributed by atoms with Crippen LogP contribution in [0, 0.1) is 0 Å². The van der Waals surface area contributed by atoms with Crippen molar-refractivity contribution in [2.45, 2.75) is 12.5 Å². The van der Waals surface area contributed by atoms with Gasteiger partial charge in [-0.1, -0.05) is 24.3 Å². The van der Waals surface area contributed by atoms with E-state index in [1.54, 1.807) is 18.3 Å².